The number of nitrogens with zero attached hydrogens (tertiary/aromatic N) is 1. The lowest BCUT2D eigenvalue weighted by Gasteiger charge is -2.09. The third kappa shape index (κ3) is 4.11. The molecule has 2 rings (SSSR count). The molecule has 0 bridgehead atoms. The average Bonchev–Trinajstić information content (AvgIpc) is 2.60. The summed E-state index contributed by atoms with van der Waals surface area (Å²) in [6.45, 7) is 0. The molecule has 0 atom stereocenters. The molecule has 5 heteroatoms. The van der Waals surface area contributed by atoms with Crippen molar-refractivity contribution in [3.05, 3.63) is 59.7 Å². The Kier molecular flexibility index (Phi) is 5.37. The number of nitriles is 1. The van der Waals surface area contributed by atoms with E-state index in [2.05, 4.69) is 5.32 Å². The molecule has 0 saturated heterocycles. The van der Waals surface area contributed by atoms with E-state index in [0.717, 1.165) is 5.56 Å². The van der Waals surface area contributed by atoms with Gasteiger partial charge in [0.1, 0.15) is 23.1 Å². The zero-order valence-corrected chi connectivity index (χ0v) is 12.9. The maximum atomic E-state index is 12.3. The van der Waals surface area contributed by atoms with Crippen molar-refractivity contribution in [3.8, 4) is 17.6 Å². The van der Waals surface area contributed by atoms with Gasteiger partial charge < -0.3 is 14.8 Å². The predicted molar refractivity (Wildman–Crippen MR) is 88.2 cm³/mol. The van der Waals surface area contributed by atoms with Crippen LogP contribution in [0.2, 0.25) is 0 Å². The predicted octanol–water partition coefficient (Wildman–Crippen LogP) is 3.25. The Bertz CT molecular complexity index is 759. The lowest BCUT2D eigenvalue weighted by molar-refractivity contribution is -0.112. The van der Waals surface area contributed by atoms with E-state index in [9.17, 15) is 10.1 Å². The molecule has 0 aliphatic rings. The Morgan fingerprint density at radius 3 is 2.39 bits per heavy atom. The Morgan fingerprint density at radius 1 is 1.09 bits per heavy atom. The summed E-state index contributed by atoms with van der Waals surface area (Å²) >= 11 is 0. The van der Waals surface area contributed by atoms with Crippen molar-refractivity contribution in [2.24, 2.45) is 0 Å². The number of hydrogen-bond acceptors (Lipinski definition) is 4. The number of benzene rings is 2. The fraction of sp³-hybridized carbons (Fsp3) is 0.111. The number of para-hydroxylation sites is 2. The molecular formula is C18H16N2O3. The maximum absolute atomic E-state index is 12.3. The van der Waals surface area contributed by atoms with Crippen molar-refractivity contribution >= 4 is 17.7 Å². The SMILES string of the molecule is COc1ccc(/C=C(/C#N)C(=O)Nc2ccccc2OC)cc1. The molecule has 0 unspecified atom stereocenters. The Morgan fingerprint density at radius 2 is 1.78 bits per heavy atom. The van der Waals surface area contributed by atoms with E-state index < -0.39 is 5.91 Å². The molecule has 0 aromatic heterocycles. The van der Waals surface area contributed by atoms with E-state index in [1.165, 1.54) is 13.2 Å². The summed E-state index contributed by atoms with van der Waals surface area (Å²) in [5.74, 6) is 0.745. The quantitative estimate of drug-likeness (QED) is 0.680. The fourth-order valence-corrected chi connectivity index (χ4v) is 1.95. The number of amides is 1. The number of rotatable bonds is 5. The van der Waals surface area contributed by atoms with Crippen LogP contribution in [0.1, 0.15) is 5.56 Å². The van der Waals surface area contributed by atoms with Crippen molar-refractivity contribution in [2.75, 3.05) is 19.5 Å². The van der Waals surface area contributed by atoms with Crippen molar-refractivity contribution in [1.29, 1.82) is 5.26 Å². The van der Waals surface area contributed by atoms with Gasteiger partial charge in [-0.05, 0) is 35.9 Å². The molecule has 116 valence electrons. The van der Waals surface area contributed by atoms with E-state index in [1.807, 2.05) is 6.07 Å². The summed E-state index contributed by atoms with van der Waals surface area (Å²) in [5, 5.41) is 11.9. The van der Waals surface area contributed by atoms with Crippen LogP contribution < -0.4 is 14.8 Å². The molecule has 2 aromatic rings. The lowest BCUT2D eigenvalue weighted by atomic mass is 10.1. The van der Waals surface area contributed by atoms with Crippen LogP contribution in [0.15, 0.2) is 54.1 Å². The summed E-state index contributed by atoms with van der Waals surface area (Å²) in [7, 11) is 3.09. The minimum absolute atomic E-state index is 0.000993. The second kappa shape index (κ2) is 7.66. The first kappa shape index (κ1) is 16.1. The number of carbonyl (C=O) groups excluding carboxylic acids is 1. The molecule has 0 fully saturated rings. The topological polar surface area (TPSA) is 71.3 Å². The highest BCUT2D eigenvalue weighted by molar-refractivity contribution is 6.10. The van der Waals surface area contributed by atoms with Crippen LogP contribution in [-0.4, -0.2) is 20.1 Å². The largest absolute Gasteiger partial charge is 0.497 e. The summed E-state index contributed by atoms with van der Waals surface area (Å²) in [5.41, 5.74) is 1.24. The van der Waals surface area contributed by atoms with Crippen molar-refractivity contribution in [3.63, 3.8) is 0 Å². The van der Waals surface area contributed by atoms with Crippen molar-refractivity contribution in [2.45, 2.75) is 0 Å². The van der Waals surface area contributed by atoms with Gasteiger partial charge in [-0.1, -0.05) is 24.3 Å². The van der Waals surface area contributed by atoms with E-state index >= 15 is 0 Å². The molecule has 0 saturated carbocycles. The van der Waals surface area contributed by atoms with Gasteiger partial charge in [0, 0.05) is 0 Å². The Hall–Kier alpha value is -3.26. The third-order valence-electron chi connectivity index (χ3n) is 3.15. The highest BCUT2D eigenvalue weighted by atomic mass is 16.5. The highest BCUT2D eigenvalue weighted by Crippen LogP contribution is 2.23. The number of hydrogen-bond donors (Lipinski definition) is 1. The number of methoxy groups -OCH3 is 2. The number of nitrogens with one attached hydrogen (secondary N) is 1. The van der Waals surface area contributed by atoms with E-state index in [0.29, 0.717) is 17.2 Å². The van der Waals surface area contributed by atoms with Crippen LogP contribution in [-0.2, 0) is 4.79 Å². The molecule has 5 nitrogen and oxygen atoms in total. The van der Waals surface area contributed by atoms with Gasteiger partial charge in [0.05, 0.1) is 19.9 Å². The first-order valence-electron chi connectivity index (χ1n) is 6.88. The zero-order chi connectivity index (χ0) is 16.7. The summed E-state index contributed by atoms with van der Waals surface area (Å²) in [4.78, 5) is 12.3. The number of anilines is 1. The van der Waals surface area contributed by atoms with Gasteiger partial charge in [-0.15, -0.1) is 0 Å². The van der Waals surface area contributed by atoms with Gasteiger partial charge in [-0.2, -0.15) is 5.26 Å². The van der Waals surface area contributed by atoms with Crippen LogP contribution in [0.5, 0.6) is 11.5 Å². The molecule has 0 spiro atoms. The fourth-order valence-electron chi connectivity index (χ4n) is 1.95. The van der Waals surface area contributed by atoms with Gasteiger partial charge in [0.2, 0.25) is 0 Å². The van der Waals surface area contributed by atoms with E-state index in [-0.39, 0.29) is 5.57 Å². The van der Waals surface area contributed by atoms with Gasteiger partial charge in [-0.3, -0.25) is 4.79 Å². The van der Waals surface area contributed by atoms with Gasteiger partial charge >= 0.3 is 0 Å². The normalized spacial score (nSPS) is 10.6. The average molecular weight is 308 g/mol. The van der Waals surface area contributed by atoms with Crippen LogP contribution in [0, 0.1) is 11.3 Å². The molecule has 0 aliphatic heterocycles. The second-order valence-electron chi connectivity index (χ2n) is 4.60. The number of ether oxygens (including phenoxy) is 2. The van der Waals surface area contributed by atoms with Crippen LogP contribution in [0.4, 0.5) is 5.69 Å². The zero-order valence-electron chi connectivity index (χ0n) is 12.9. The highest BCUT2D eigenvalue weighted by Gasteiger charge is 2.12. The monoisotopic (exact) mass is 308 g/mol. The number of carbonyl (C=O) groups is 1. The Balaban J connectivity index is 2.21. The molecule has 2 aromatic carbocycles. The minimum atomic E-state index is -0.493. The summed E-state index contributed by atoms with van der Waals surface area (Å²) < 4.78 is 10.2. The molecule has 0 radical (unpaired) electrons. The van der Waals surface area contributed by atoms with Crippen LogP contribution in [0.3, 0.4) is 0 Å². The van der Waals surface area contributed by atoms with Crippen molar-refractivity contribution in [1.82, 2.24) is 0 Å². The lowest BCUT2D eigenvalue weighted by Crippen LogP contribution is -2.14. The van der Waals surface area contributed by atoms with Crippen molar-refractivity contribution < 1.29 is 14.3 Å². The summed E-state index contributed by atoms with van der Waals surface area (Å²) in [6, 6.07) is 16.0. The minimum Gasteiger partial charge on any atom is -0.497 e. The maximum Gasteiger partial charge on any atom is 0.266 e. The molecule has 0 aliphatic carbocycles. The first-order chi connectivity index (χ1) is 11.2. The molecule has 1 amide bonds. The van der Waals surface area contributed by atoms with Gasteiger partial charge in [-0.25, -0.2) is 0 Å². The second-order valence-corrected chi connectivity index (χ2v) is 4.60. The smallest absolute Gasteiger partial charge is 0.266 e. The van der Waals surface area contributed by atoms with E-state index in [1.54, 1.807) is 55.6 Å². The van der Waals surface area contributed by atoms with Gasteiger partial charge in [0.25, 0.3) is 5.91 Å². The summed E-state index contributed by atoms with van der Waals surface area (Å²) in [6.07, 6.45) is 1.52. The Labute approximate surface area is 134 Å². The standard InChI is InChI=1S/C18H16N2O3/c1-22-15-9-7-13(8-10-15)11-14(12-19)18(21)20-16-5-3-4-6-17(16)23-2/h3-11H,1-2H3,(H,20,21)/b14-11-. The molecule has 0 heterocycles. The molecule has 1 N–H and O–H groups in total. The van der Waals surface area contributed by atoms with Crippen LogP contribution >= 0.6 is 0 Å². The van der Waals surface area contributed by atoms with E-state index in [4.69, 9.17) is 9.47 Å². The molecule has 23 heavy (non-hydrogen) atoms. The third-order valence-corrected chi connectivity index (χ3v) is 3.15. The van der Waals surface area contributed by atoms with Gasteiger partial charge in [0.15, 0.2) is 0 Å². The van der Waals surface area contributed by atoms with Crippen LogP contribution in [0.25, 0.3) is 6.08 Å². The molecular weight excluding hydrogens is 292 g/mol. The first-order valence-corrected chi connectivity index (χ1v) is 6.88.